The van der Waals surface area contributed by atoms with Crippen LogP contribution in [0.5, 0.6) is 0 Å². The van der Waals surface area contributed by atoms with Crippen LogP contribution in [0.2, 0.25) is 0 Å². The van der Waals surface area contributed by atoms with Crippen LogP contribution in [0.1, 0.15) is 88.0 Å². The van der Waals surface area contributed by atoms with Gasteiger partial charge in [0.05, 0.1) is 23.0 Å². The third-order valence-corrected chi connectivity index (χ3v) is 16.9. The minimum absolute atomic E-state index is 0.0610. The van der Waals surface area contributed by atoms with Crippen molar-refractivity contribution in [1.29, 1.82) is 0 Å². The second-order valence-electron chi connectivity index (χ2n) is 18.8. The highest BCUT2D eigenvalue weighted by Crippen LogP contribution is 2.53. The highest BCUT2D eigenvalue weighted by molar-refractivity contribution is 7.86. The van der Waals surface area contributed by atoms with Gasteiger partial charge in [0.25, 0.3) is 20.2 Å². The van der Waals surface area contributed by atoms with Crippen molar-refractivity contribution in [2.24, 2.45) is 0 Å². The van der Waals surface area contributed by atoms with Crippen LogP contribution in [0.4, 0.5) is 24.5 Å². The number of rotatable bonds is 14. The minimum atomic E-state index is -5.92. The van der Waals surface area contributed by atoms with Crippen molar-refractivity contribution in [2.75, 3.05) is 41.4 Å². The van der Waals surface area contributed by atoms with Gasteiger partial charge in [-0.1, -0.05) is 119 Å². The average Bonchev–Trinajstić information content (AvgIpc) is 3.78. The number of sulfonamides is 1. The largest absolute Gasteiger partial charge is 0.560 e. The molecule has 2 heterocycles. The van der Waals surface area contributed by atoms with Crippen molar-refractivity contribution in [1.82, 2.24) is 0 Å². The lowest BCUT2D eigenvalue weighted by Gasteiger charge is -2.28. The van der Waals surface area contributed by atoms with Gasteiger partial charge >= 0.3 is 15.5 Å². The summed E-state index contributed by atoms with van der Waals surface area (Å²) in [5.41, 5.74) is -0.198. The molecule has 2 aliphatic heterocycles. The number of allylic oxidation sites excluding steroid dienone is 6. The Morgan fingerprint density at radius 1 is 0.632 bits per heavy atom. The van der Waals surface area contributed by atoms with Gasteiger partial charge in [-0.05, 0) is 100 Å². The maximum absolute atomic E-state index is 14.7. The van der Waals surface area contributed by atoms with E-state index in [0.29, 0.717) is 41.0 Å². The first-order chi connectivity index (χ1) is 31.8. The van der Waals surface area contributed by atoms with Gasteiger partial charge in [-0.3, -0.25) is 9.11 Å². The molecule has 360 valence electrons. The number of hydrogen-bond donors (Lipinski definition) is 2. The van der Waals surface area contributed by atoms with Crippen LogP contribution in [0.3, 0.4) is 0 Å². The molecule has 0 aromatic heterocycles. The van der Waals surface area contributed by atoms with E-state index in [2.05, 4.69) is 23.6 Å². The lowest BCUT2D eigenvalue weighted by atomic mass is 9.80. The van der Waals surface area contributed by atoms with Crippen LogP contribution in [-0.2, 0) is 41.1 Å². The summed E-state index contributed by atoms with van der Waals surface area (Å²) in [6.07, 6.45) is 6.72. The van der Waals surface area contributed by atoms with Crippen LogP contribution >= 0.6 is 0 Å². The molecular formula is C51H55F3N3O8S3+. The summed E-state index contributed by atoms with van der Waals surface area (Å²) in [4.78, 5) is 4.16. The van der Waals surface area contributed by atoms with E-state index in [0.717, 1.165) is 62.5 Å². The van der Waals surface area contributed by atoms with Gasteiger partial charge in [-0.2, -0.15) is 38.4 Å². The first kappa shape index (κ1) is 49.1. The quantitative estimate of drug-likeness (QED) is 0.0625. The number of nitrogens with zero attached hydrogens (tertiary/aromatic N) is 3. The van der Waals surface area contributed by atoms with E-state index >= 15 is 0 Å². The molecule has 0 radical (unpaired) electrons. The molecule has 0 saturated heterocycles. The molecule has 5 aromatic rings. The number of hydrogen-bond acceptors (Lipinski definition) is 8. The van der Waals surface area contributed by atoms with Gasteiger partial charge in [-0.15, -0.1) is 3.98 Å². The Labute approximate surface area is 396 Å². The molecule has 1 aliphatic carbocycles. The molecule has 17 heteroatoms. The number of fused-ring (bicyclic) bond motifs is 7. The van der Waals surface area contributed by atoms with E-state index in [1.54, 1.807) is 30.3 Å². The predicted octanol–water partition coefficient (Wildman–Crippen LogP) is 10.5. The van der Waals surface area contributed by atoms with E-state index in [4.69, 9.17) is 0 Å². The Hall–Kier alpha value is -5.33. The highest BCUT2D eigenvalue weighted by Gasteiger charge is 2.56. The fraction of sp³-hybridized carbons (Fsp3) is 0.353. The van der Waals surface area contributed by atoms with Crippen LogP contribution in [0.15, 0.2) is 127 Å². The number of alkyl halides is 3. The maximum atomic E-state index is 14.7. The Balaban J connectivity index is 1.28. The zero-order valence-electron chi connectivity index (χ0n) is 38.5. The Morgan fingerprint density at radius 3 is 1.62 bits per heavy atom. The zero-order chi connectivity index (χ0) is 49.2. The molecular weight excluding hydrogens is 936 g/mol. The van der Waals surface area contributed by atoms with Gasteiger partial charge in [0.2, 0.25) is 5.71 Å². The first-order valence-electron chi connectivity index (χ1n) is 22.5. The number of unbranched alkanes of at least 4 members (excludes halogenated alkanes) is 2. The van der Waals surface area contributed by atoms with E-state index in [1.807, 2.05) is 98.8 Å². The minimum Gasteiger partial charge on any atom is -0.344 e. The van der Waals surface area contributed by atoms with Gasteiger partial charge in [0.1, 0.15) is 0 Å². The van der Waals surface area contributed by atoms with Gasteiger partial charge in [-0.25, -0.2) is 0 Å². The molecule has 1 unspecified atom stereocenters. The van der Waals surface area contributed by atoms with E-state index in [-0.39, 0.29) is 30.5 Å². The van der Waals surface area contributed by atoms with Crippen LogP contribution in [-0.4, -0.2) is 81.2 Å². The van der Waals surface area contributed by atoms with Crippen molar-refractivity contribution in [3.63, 3.8) is 0 Å². The van der Waals surface area contributed by atoms with Crippen LogP contribution in [0.25, 0.3) is 27.1 Å². The number of halogens is 3. The summed E-state index contributed by atoms with van der Waals surface area (Å²) in [7, 11) is -13.4. The lowest BCUT2D eigenvalue weighted by Crippen LogP contribution is -2.36. The summed E-state index contributed by atoms with van der Waals surface area (Å²) in [6.45, 7) is 8.93. The zero-order valence-corrected chi connectivity index (χ0v) is 40.9. The molecule has 1 atom stereocenters. The first-order valence-corrected chi connectivity index (χ1v) is 27.1. The third-order valence-electron chi connectivity index (χ3n) is 13.8. The van der Waals surface area contributed by atoms with E-state index in [9.17, 15) is 47.5 Å². The number of benzene rings is 5. The molecule has 0 fully saturated rings. The van der Waals surface area contributed by atoms with Gasteiger partial charge < -0.3 is 9.80 Å². The van der Waals surface area contributed by atoms with Crippen molar-refractivity contribution in [3.05, 3.63) is 149 Å². The van der Waals surface area contributed by atoms with Crippen molar-refractivity contribution < 1.29 is 51.5 Å². The molecule has 0 amide bonds. The average molecular weight is 991 g/mol. The second-order valence-corrected chi connectivity index (χ2v) is 23.9. The lowest BCUT2D eigenvalue weighted by molar-refractivity contribution is -0.341. The summed E-state index contributed by atoms with van der Waals surface area (Å²) < 4.78 is 137. The monoisotopic (exact) mass is 990 g/mol. The molecule has 8 rings (SSSR count). The topological polar surface area (TPSA) is 152 Å². The van der Waals surface area contributed by atoms with Crippen molar-refractivity contribution in [2.45, 2.75) is 82.1 Å². The fourth-order valence-corrected chi connectivity index (χ4v) is 12.7. The van der Waals surface area contributed by atoms with Gasteiger partial charge in [0.15, 0.2) is 7.05 Å². The smallest absolute Gasteiger partial charge is 0.344 e. The second kappa shape index (κ2) is 17.9. The Kier molecular flexibility index (Phi) is 12.9. The summed E-state index contributed by atoms with van der Waals surface area (Å²) in [6, 6.07) is 31.0. The molecule has 0 spiro atoms. The molecule has 2 N–H and O–H groups in total. The fourth-order valence-electron chi connectivity index (χ4n) is 10.7. The van der Waals surface area contributed by atoms with Crippen LogP contribution < -0.4 is 9.80 Å². The molecule has 0 bridgehead atoms. The molecule has 68 heavy (non-hydrogen) atoms. The Morgan fingerprint density at radius 2 is 1.10 bits per heavy atom. The van der Waals surface area contributed by atoms with Gasteiger partial charge in [0, 0.05) is 46.7 Å². The number of anilines is 2. The standard InChI is InChI=1S/C51H54F3N3O8S3/c1-49(2)44(56(30-12-14-32-66(58,59)60)42-26-22-34-16-6-8-18-36(34)46(42)49)28-24-40-38-20-10-11-21-39(38)41(48(40)55(5)68(64,65)51(52,53)54)25-29-45-50(3,4)47-37-19-9-7-17-35(37)23-27-43(47)57(45)31-13-15-33-67(61,62)63/h6-11,16-24,26-29,41H,12-15,25,30-33H2,1-5H3,(H-,58,59,60,61,62,63)/p+1/b45-29+. The SMILES string of the molecule is C[N+](=C1C(=CC=C2N(CCCCS(=O)(=O)O)c3ccc4ccccc4c3C2(C)C)c2ccccc2C1C/C=C1/N(CCCCS(=O)(=O)O)c2ccc3ccccc3c2C1(C)C)S(=O)(=O)C(F)(F)F. The Bertz CT molecular complexity index is 3320. The molecule has 11 nitrogen and oxygen atoms in total. The van der Waals surface area contributed by atoms with Crippen molar-refractivity contribution in [3.8, 4) is 0 Å². The maximum Gasteiger partial charge on any atom is 0.560 e. The normalized spacial score (nSPS) is 20.5. The molecule has 3 aliphatic rings. The van der Waals surface area contributed by atoms with E-state index < -0.39 is 64.0 Å². The van der Waals surface area contributed by atoms with Crippen LogP contribution in [0, 0.1) is 0 Å². The summed E-state index contributed by atoms with van der Waals surface area (Å²) >= 11 is 0. The highest BCUT2D eigenvalue weighted by atomic mass is 32.2. The molecule has 5 aromatic carbocycles. The summed E-state index contributed by atoms with van der Waals surface area (Å²) in [5, 5.41) is 4.01. The van der Waals surface area contributed by atoms with E-state index in [1.165, 1.54) is 0 Å². The predicted molar refractivity (Wildman–Crippen MR) is 264 cm³/mol. The summed E-state index contributed by atoms with van der Waals surface area (Å²) in [5.74, 6) is -1.71. The third kappa shape index (κ3) is 9.03. The van der Waals surface area contributed by atoms with Crippen molar-refractivity contribution >= 4 is 74.5 Å². The molecule has 0 saturated carbocycles.